The maximum atomic E-state index is 12.3. The number of benzene rings is 2. The van der Waals surface area contributed by atoms with Crippen molar-refractivity contribution in [2.75, 3.05) is 6.54 Å². The molecule has 5 heteroatoms. The van der Waals surface area contributed by atoms with Crippen LogP contribution < -0.4 is 10.1 Å². The number of fused-ring (bicyclic) bond motifs is 1. The minimum absolute atomic E-state index is 0.00488. The molecular weight excluding hydrogens is 384 g/mol. The maximum absolute atomic E-state index is 12.3. The first-order chi connectivity index (χ1) is 14.1. The van der Waals surface area contributed by atoms with E-state index in [0.717, 1.165) is 40.1 Å². The molecule has 1 aliphatic heterocycles. The zero-order valence-corrected chi connectivity index (χ0v) is 17.1. The fourth-order valence-electron chi connectivity index (χ4n) is 3.67. The van der Waals surface area contributed by atoms with Gasteiger partial charge in [0.25, 0.3) is 0 Å². The summed E-state index contributed by atoms with van der Waals surface area (Å²) in [6, 6.07) is 17.8. The SMILES string of the molecule is Cc1cccnc1-c1cccc2c1O[C@@H](CNC(=O)CCc1ccccc1Cl)C2. The second kappa shape index (κ2) is 8.66. The van der Waals surface area contributed by atoms with Crippen molar-refractivity contribution in [2.24, 2.45) is 0 Å². The molecule has 148 valence electrons. The van der Waals surface area contributed by atoms with Crippen molar-refractivity contribution in [3.63, 3.8) is 0 Å². The van der Waals surface area contributed by atoms with Gasteiger partial charge in [-0.05, 0) is 48.2 Å². The summed E-state index contributed by atoms with van der Waals surface area (Å²) in [7, 11) is 0. The summed E-state index contributed by atoms with van der Waals surface area (Å²) in [5.41, 5.74) is 5.20. The number of hydrogen-bond acceptors (Lipinski definition) is 3. The van der Waals surface area contributed by atoms with Gasteiger partial charge in [-0.1, -0.05) is 48.0 Å². The highest BCUT2D eigenvalue weighted by atomic mass is 35.5. The van der Waals surface area contributed by atoms with Gasteiger partial charge in [0.05, 0.1) is 12.2 Å². The lowest BCUT2D eigenvalue weighted by Crippen LogP contribution is -2.34. The standard InChI is InChI=1S/C24H23ClN2O2/c1-16-6-5-13-26-23(16)20-9-4-8-18-14-19(29-24(18)20)15-27-22(28)12-11-17-7-2-3-10-21(17)25/h2-10,13,19H,11-12,14-15H2,1H3,(H,27,28)/t19-/m1/s1. The molecule has 0 spiro atoms. The predicted octanol–water partition coefficient (Wildman–Crippen LogP) is 4.76. The van der Waals surface area contributed by atoms with Crippen LogP contribution in [0.4, 0.5) is 0 Å². The Balaban J connectivity index is 1.36. The molecule has 1 N–H and O–H groups in total. The lowest BCUT2D eigenvalue weighted by Gasteiger charge is -2.14. The first-order valence-electron chi connectivity index (χ1n) is 9.82. The minimum atomic E-state index is -0.0700. The van der Waals surface area contributed by atoms with E-state index in [0.29, 0.717) is 24.4 Å². The van der Waals surface area contributed by atoms with E-state index >= 15 is 0 Å². The molecule has 0 aliphatic carbocycles. The third kappa shape index (κ3) is 4.43. The average Bonchev–Trinajstić information content (AvgIpc) is 3.15. The van der Waals surface area contributed by atoms with E-state index in [2.05, 4.69) is 16.4 Å². The van der Waals surface area contributed by atoms with Crippen molar-refractivity contribution in [2.45, 2.75) is 32.3 Å². The van der Waals surface area contributed by atoms with E-state index in [4.69, 9.17) is 16.3 Å². The fourth-order valence-corrected chi connectivity index (χ4v) is 3.90. The molecule has 4 nitrogen and oxygen atoms in total. The van der Waals surface area contributed by atoms with E-state index in [9.17, 15) is 4.79 Å². The fraction of sp³-hybridized carbons (Fsp3) is 0.250. The van der Waals surface area contributed by atoms with Crippen LogP contribution in [0.25, 0.3) is 11.3 Å². The number of ether oxygens (including phenoxy) is 1. The summed E-state index contributed by atoms with van der Waals surface area (Å²) in [6.45, 7) is 2.53. The molecule has 0 saturated carbocycles. The van der Waals surface area contributed by atoms with Crippen molar-refractivity contribution >= 4 is 17.5 Å². The predicted molar refractivity (Wildman–Crippen MR) is 115 cm³/mol. The number of rotatable bonds is 6. The molecule has 0 radical (unpaired) electrons. The number of halogens is 1. The van der Waals surface area contributed by atoms with Gasteiger partial charge in [-0.15, -0.1) is 0 Å². The summed E-state index contributed by atoms with van der Waals surface area (Å²) in [6.07, 6.45) is 3.54. The maximum Gasteiger partial charge on any atom is 0.220 e. The van der Waals surface area contributed by atoms with Crippen LogP contribution in [0, 0.1) is 6.92 Å². The molecule has 3 aromatic rings. The van der Waals surface area contributed by atoms with Crippen LogP contribution in [0.3, 0.4) is 0 Å². The molecule has 4 rings (SSSR count). The first kappa shape index (κ1) is 19.5. The lowest BCUT2D eigenvalue weighted by atomic mass is 10.0. The quantitative estimate of drug-likeness (QED) is 0.641. The van der Waals surface area contributed by atoms with Gasteiger partial charge in [-0.3, -0.25) is 9.78 Å². The van der Waals surface area contributed by atoms with Crippen LogP contribution in [0.2, 0.25) is 5.02 Å². The van der Waals surface area contributed by atoms with Gasteiger partial charge in [-0.2, -0.15) is 0 Å². The normalized spacial score (nSPS) is 14.9. The van der Waals surface area contributed by atoms with Gasteiger partial charge in [0, 0.05) is 29.6 Å². The molecule has 1 aliphatic rings. The number of aryl methyl sites for hydroxylation is 2. The summed E-state index contributed by atoms with van der Waals surface area (Å²) >= 11 is 6.16. The van der Waals surface area contributed by atoms with E-state index < -0.39 is 0 Å². The molecule has 2 heterocycles. The number of para-hydroxylation sites is 1. The third-order valence-electron chi connectivity index (χ3n) is 5.20. The van der Waals surface area contributed by atoms with Crippen LogP contribution >= 0.6 is 11.6 Å². The lowest BCUT2D eigenvalue weighted by molar-refractivity contribution is -0.121. The Morgan fingerprint density at radius 3 is 2.86 bits per heavy atom. The van der Waals surface area contributed by atoms with E-state index in [1.807, 2.05) is 55.5 Å². The van der Waals surface area contributed by atoms with E-state index in [1.165, 1.54) is 0 Å². The average molecular weight is 407 g/mol. The van der Waals surface area contributed by atoms with Gasteiger partial charge < -0.3 is 10.1 Å². The van der Waals surface area contributed by atoms with Crippen molar-refractivity contribution in [1.82, 2.24) is 10.3 Å². The number of amides is 1. The summed E-state index contributed by atoms with van der Waals surface area (Å²) in [5, 5.41) is 3.70. The molecular formula is C24H23ClN2O2. The monoisotopic (exact) mass is 406 g/mol. The number of pyridine rings is 1. The van der Waals surface area contributed by atoms with Crippen molar-refractivity contribution in [3.8, 4) is 17.0 Å². The van der Waals surface area contributed by atoms with E-state index in [-0.39, 0.29) is 12.0 Å². The molecule has 0 saturated heterocycles. The van der Waals surface area contributed by atoms with Crippen LogP contribution in [-0.2, 0) is 17.6 Å². The second-order valence-corrected chi connectivity index (χ2v) is 7.71. The van der Waals surface area contributed by atoms with Crippen molar-refractivity contribution in [1.29, 1.82) is 0 Å². The van der Waals surface area contributed by atoms with Crippen molar-refractivity contribution < 1.29 is 9.53 Å². The van der Waals surface area contributed by atoms with Gasteiger partial charge in [0.1, 0.15) is 11.9 Å². The highest BCUT2D eigenvalue weighted by Crippen LogP contribution is 2.38. The first-order valence-corrected chi connectivity index (χ1v) is 10.2. The Kier molecular flexibility index (Phi) is 5.81. The second-order valence-electron chi connectivity index (χ2n) is 7.30. The molecule has 0 fully saturated rings. The van der Waals surface area contributed by atoms with Gasteiger partial charge in [0.15, 0.2) is 0 Å². The van der Waals surface area contributed by atoms with Gasteiger partial charge in [-0.25, -0.2) is 0 Å². The smallest absolute Gasteiger partial charge is 0.220 e. The zero-order chi connectivity index (χ0) is 20.2. The summed E-state index contributed by atoms with van der Waals surface area (Å²) in [4.78, 5) is 16.8. The van der Waals surface area contributed by atoms with Crippen molar-refractivity contribution in [3.05, 3.63) is 82.5 Å². The van der Waals surface area contributed by atoms with Crippen LogP contribution in [0.5, 0.6) is 5.75 Å². The number of carbonyl (C=O) groups excluding carboxylic acids is 1. The number of carbonyl (C=O) groups is 1. The molecule has 1 amide bonds. The highest BCUT2D eigenvalue weighted by molar-refractivity contribution is 6.31. The molecule has 2 aromatic carbocycles. The topological polar surface area (TPSA) is 51.2 Å². The Bertz CT molecular complexity index is 1030. The minimum Gasteiger partial charge on any atom is -0.487 e. The third-order valence-corrected chi connectivity index (χ3v) is 5.57. The van der Waals surface area contributed by atoms with Gasteiger partial charge >= 0.3 is 0 Å². The number of nitrogens with zero attached hydrogens (tertiary/aromatic N) is 1. The van der Waals surface area contributed by atoms with Gasteiger partial charge in [0.2, 0.25) is 5.91 Å². The zero-order valence-electron chi connectivity index (χ0n) is 16.3. The van der Waals surface area contributed by atoms with Crippen LogP contribution in [0.15, 0.2) is 60.8 Å². The van der Waals surface area contributed by atoms with Crippen LogP contribution in [0.1, 0.15) is 23.1 Å². The molecule has 1 atom stereocenters. The Morgan fingerprint density at radius 2 is 2.03 bits per heavy atom. The molecule has 0 bridgehead atoms. The Morgan fingerprint density at radius 1 is 1.17 bits per heavy atom. The number of hydrogen-bond donors (Lipinski definition) is 1. The molecule has 29 heavy (non-hydrogen) atoms. The highest BCUT2D eigenvalue weighted by Gasteiger charge is 2.26. The Hall–Kier alpha value is -2.85. The number of aromatic nitrogens is 1. The number of nitrogens with one attached hydrogen (secondary N) is 1. The molecule has 0 unspecified atom stereocenters. The van der Waals surface area contributed by atoms with E-state index in [1.54, 1.807) is 6.20 Å². The Labute approximate surface area is 175 Å². The molecule has 1 aromatic heterocycles. The largest absolute Gasteiger partial charge is 0.487 e. The van der Waals surface area contributed by atoms with Crippen LogP contribution in [-0.4, -0.2) is 23.5 Å². The summed E-state index contributed by atoms with van der Waals surface area (Å²) in [5.74, 6) is 0.884. The summed E-state index contributed by atoms with van der Waals surface area (Å²) < 4.78 is 6.20.